The molecule has 2 heterocycles. The first kappa shape index (κ1) is 22.5. The molecule has 2 aliphatic rings. The van der Waals surface area contributed by atoms with Crippen molar-refractivity contribution in [3.63, 3.8) is 0 Å². The Hall–Kier alpha value is -2.22. The van der Waals surface area contributed by atoms with Crippen LogP contribution in [-0.4, -0.2) is 65.8 Å². The molecule has 12 heteroatoms. The molecule has 0 bridgehead atoms. The molecule has 4 atom stereocenters. The van der Waals surface area contributed by atoms with Crippen molar-refractivity contribution in [1.82, 2.24) is 15.5 Å². The van der Waals surface area contributed by atoms with Crippen molar-refractivity contribution < 1.29 is 34.1 Å². The van der Waals surface area contributed by atoms with Gasteiger partial charge in [-0.15, -0.1) is 11.8 Å². The average molecular weight is 549 g/mol. The van der Waals surface area contributed by atoms with E-state index in [-0.39, 0.29) is 10.4 Å². The van der Waals surface area contributed by atoms with E-state index in [4.69, 9.17) is 4.74 Å². The van der Waals surface area contributed by atoms with E-state index in [1.165, 1.54) is 40.9 Å². The third-order valence-corrected chi connectivity index (χ3v) is 6.79. The molecule has 0 aliphatic carbocycles. The number of phenolic OH excluding ortho intramolecular Hbond substituents is 1. The van der Waals surface area contributed by atoms with Crippen LogP contribution in [0, 0.1) is 0 Å². The zero-order valence-electron chi connectivity index (χ0n) is 16.0. The smallest absolute Gasteiger partial charge is 0.408 e. The Morgan fingerprint density at radius 1 is 1.30 bits per heavy atom. The van der Waals surface area contributed by atoms with Gasteiger partial charge in [0, 0.05) is 4.75 Å². The summed E-state index contributed by atoms with van der Waals surface area (Å²) in [7, 11) is 0. The van der Waals surface area contributed by atoms with Crippen molar-refractivity contribution in [3.05, 3.63) is 29.8 Å². The van der Waals surface area contributed by atoms with E-state index in [1.54, 1.807) is 13.8 Å². The van der Waals surface area contributed by atoms with E-state index in [9.17, 15) is 29.4 Å². The van der Waals surface area contributed by atoms with Gasteiger partial charge in [0.1, 0.15) is 33.9 Å². The van der Waals surface area contributed by atoms with Crippen LogP contribution >= 0.6 is 34.4 Å². The van der Waals surface area contributed by atoms with Gasteiger partial charge in [0.25, 0.3) is 0 Å². The van der Waals surface area contributed by atoms with Crippen molar-refractivity contribution in [2.45, 2.75) is 42.1 Å². The van der Waals surface area contributed by atoms with Gasteiger partial charge in [0.05, 0.1) is 0 Å². The second kappa shape index (κ2) is 8.49. The number of alkyl halides is 1. The fourth-order valence-electron chi connectivity index (χ4n) is 3.56. The Bertz CT molecular complexity index is 879. The van der Waals surface area contributed by atoms with E-state index >= 15 is 0 Å². The monoisotopic (exact) mass is 549 g/mol. The largest absolute Gasteiger partial charge is 0.508 e. The number of amides is 3. The number of carboxylic acids is 1. The van der Waals surface area contributed by atoms with Crippen LogP contribution in [0.15, 0.2) is 24.3 Å². The van der Waals surface area contributed by atoms with Gasteiger partial charge >= 0.3 is 12.1 Å². The molecule has 10 nitrogen and oxygen atoms in total. The maximum Gasteiger partial charge on any atom is 0.408 e. The second-order valence-electron chi connectivity index (χ2n) is 7.29. The molecule has 1 aromatic carbocycles. The summed E-state index contributed by atoms with van der Waals surface area (Å²) in [6, 6.07) is 2.59. The predicted octanol–water partition coefficient (Wildman–Crippen LogP) is 1.18. The zero-order valence-corrected chi connectivity index (χ0v) is 19.0. The minimum atomic E-state index is -1.17. The second-order valence-corrected chi connectivity index (χ2v) is 9.69. The highest BCUT2D eigenvalue weighted by molar-refractivity contribution is 14.1. The van der Waals surface area contributed by atoms with Crippen LogP contribution in [0.1, 0.15) is 25.5 Å². The number of hydrogen-bond acceptors (Lipinski definition) is 7. The molecular formula is C18H20IN3O7S. The topological polar surface area (TPSA) is 145 Å². The highest BCUT2D eigenvalue weighted by Gasteiger charge is 2.64. The summed E-state index contributed by atoms with van der Waals surface area (Å²) in [4.78, 5) is 50.3. The molecule has 30 heavy (non-hydrogen) atoms. The Morgan fingerprint density at radius 2 is 1.93 bits per heavy atom. The summed E-state index contributed by atoms with van der Waals surface area (Å²) in [5.41, 5.74) is 0.377. The van der Waals surface area contributed by atoms with Gasteiger partial charge in [-0.2, -0.15) is 0 Å². The minimum Gasteiger partial charge on any atom is -0.508 e. The van der Waals surface area contributed by atoms with Gasteiger partial charge in [-0.3, -0.25) is 9.59 Å². The maximum absolute atomic E-state index is 12.9. The van der Waals surface area contributed by atoms with E-state index in [1.807, 2.05) is 22.6 Å². The first-order chi connectivity index (χ1) is 14.1. The highest BCUT2D eigenvalue weighted by atomic mass is 127. The van der Waals surface area contributed by atoms with Crippen LogP contribution < -0.4 is 10.6 Å². The van der Waals surface area contributed by atoms with Crippen LogP contribution in [0.25, 0.3) is 0 Å². The number of alkyl carbamates (subject to hydrolysis) is 1. The standard InChI is InChI=1S/C18H20IN3O7S/c1-18(2)12(16(26)27)22-14(25)11(15(22)30-18)20-13(24)10(21-17(28)29-7-19)8-3-5-9(23)6-4-8/h3-6,10-12,15,23H,7H2,1-2H3,(H,20,24)(H,21,28)(H,26,27)/t10?,11-,12+,15-/m1/s1. The molecule has 2 fully saturated rings. The van der Waals surface area contributed by atoms with Gasteiger partial charge < -0.3 is 30.5 Å². The van der Waals surface area contributed by atoms with Gasteiger partial charge in [0.15, 0.2) is 0 Å². The fraction of sp³-hybridized carbons (Fsp3) is 0.444. The molecule has 4 N–H and O–H groups in total. The van der Waals surface area contributed by atoms with E-state index in [0.29, 0.717) is 5.56 Å². The summed E-state index contributed by atoms with van der Waals surface area (Å²) in [6.07, 6.45) is -0.818. The molecule has 2 saturated heterocycles. The summed E-state index contributed by atoms with van der Waals surface area (Å²) in [6.45, 7) is 3.48. The lowest BCUT2D eigenvalue weighted by Crippen LogP contribution is -2.71. The van der Waals surface area contributed by atoms with Crippen molar-refractivity contribution in [2.24, 2.45) is 0 Å². The van der Waals surface area contributed by atoms with Crippen LogP contribution in [0.3, 0.4) is 0 Å². The minimum absolute atomic E-state index is 0.0122. The predicted molar refractivity (Wildman–Crippen MR) is 115 cm³/mol. The molecule has 0 aromatic heterocycles. The third-order valence-electron chi connectivity index (χ3n) is 4.91. The fourth-order valence-corrected chi connectivity index (χ4v) is 5.47. The summed E-state index contributed by atoms with van der Waals surface area (Å²) < 4.78 is 4.19. The maximum atomic E-state index is 12.9. The first-order valence-electron chi connectivity index (χ1n) is 8.88. The van der Waals surface area contributed by atoms with Crippen LogP contribution in [0.4, 0.5) is 4.79 Å². The molecule has 1 aromatic rings. The van der Waals surface area contributed by atoms with Gasteiger partial charge in [-0.1, -0.05) is 12.1 Å². The molecule has 3 amide bonds. The molecule has 1 unspecified atom stereocenters. The number of aliphatic carboxylic acids is 1. The van der Waals surface area contributed by atoms with Crippen LogP contribution in [0.5, 0.6) is 5.75 Å². The van der Waals surface area contributed by atoms with Crippen molar-refractivity contribution in [1.29, 1.82) is 0 Å². The number of ether oxygens (including phenoxy) is 1. The Morgan fingerprint density at radius 3 is 2.50 bits per heavy atom. The van der Waals surface area contributed by atoms with Gasteiger partial charge in [-0.25, -0.2) is 9.59 Å². The number of aromatic hydroxyl groups is 1. The number of fused-ring (bicyclic) bond motifs is 1. The summed E-state index contributed by atoms with van der Waals surface area (Å²) in [5.74, 6) is -2.25. The first-order valence-corrected chi connectivity index (χ1v) is 11.3. The lowest BCUT2D eigenvalue weighted by molar-refractivity contribution is -0.161. The Labute approximate surface area is 189 Å². The number of carbonyl (C=O) groups excluding carboxylic acids is 3. The van der Waals surface area contributed by atoms with Crippen LogP contribution in [0.2, 0.25) is 0 Å². The molecule has 162 valence electrons. The number of phenols is 1. The highest BCUT2D eigenvalue weighted by Crippen LogP contribution is 2.50. The summed E-state index contributed by atoms with van der Waals surface area (Å²) >= 11 is 3.14. The Balaban J connectivity index is 1.78. The quantitative estimate of drug-likeness (QED) is 0.235. The lowest BCUT2D eigenvalue weighted by atomic mass is 9.95. The number of nitrogens with one attached hydrogen (secondary N) is 2. The average Bonchev–Trinajstić information content (AvgIpc) is 2.93. The number of benzene rings is 1. The SMILES string of the molecule is CC1(C)S[C@@H]2[C@H](NC(=O)C(NC(=O)OCI)c3ccc(O)cc3)C(=O)N2[C@H]1C(=O)O. The van der Waals surface area contributed by atoms with E-state index in [0.717, 1.165) is 0 Å². The number of β-lactam (4-membered cyclic amide) rings is 1. The molecular weight excluding hydrogens is 529 g/mol. The number of halogens is 1. The molecule has 0 saturated carbocycles. The number of carbonyl (C=O) groups is 4. The molecule has 0 spiro atoms. The van der Waals surface area contributed by atoms with Crippen molar-refractivity contribution in [2.75, 3.05) is 4.61 Å². The summed E-state index contributed by atoms with van der Waals surface area (Å²) in [5, 5.41) is 23.5. The third kappa shape index (κ3) is 4.15. The zero-order chi connectivity index (χ0) is 22.2. The van der Waals surface area contributed by atoms with Crippen molar-refractivity contribution >= 4 is 58.2 Å². The molecule has 0 radical (unpaired) electrons. The number of rotatable bonds is 6. The van der Waals surface area contributed by atoms with Crippen LogP contribution in [-0.2, 0) is 19.1 Å². The number of hydrogen-bond donors (Lipinski definition) is 4. The Kier molecular flexibility index (Phi) is 6.36. The molecule has 2 aliphatic heterocycles. The molecule has 3 rings (SSSR count). The normalized spacial score (nSPS) is 25.0. The number of nitrogens with zero attached hydrogens (tertiary/aromatic N) is 1. The van der Waals surface area contributed by atoms with E-state index in [2.05, 4.69) is 10.6 Å². The number of carboxylic acid groups (broad SMARTS) is 1. The van der Waals surface area contributed by atoms with Gasteiger partial charge in [0.2, 0.25) is 11.8 Å². The number of thioether (sulfide) groups is 1. The van der Waals surface area contributed by atoms with Crippen molar-refractivity contribution in [3.8, 4) is 5.75 Å². The van der Waals surface area contributed by atoms with Gasteiger partial charge in [-0.05, 0) is 54.1 Å². The van der Waals surface area contributed by atoms with E-state index < -0.39 is 52.1 Å². The lowest BCUT2D eigenvalue weighted by Gasteiger charge is -2.43.